The Morgan fingerprint density at radius 3 is 2.62 bits per heavy atom. The normalized spacial score (nSPS) is 11.7. The molecule has 72 valence electrons. The first-order valence-corrected chi connectivity index (χ1v) is 4.96. The first kappa shape index (κ1) is 10.7. The van der Waals surface area contributed by atoms with Crippen molar-refractivity contribution in [3.05, 3.63) is 28.5 Å². The van der Waals surface area contributed by atoms with Crippen molar-refractivity contribution < 1.29 is 4.74 Å². The number of ether oxygens (including phenoxy) is 1. The van der Waals surface area contributed by atoms with Crippen molar-refractivity contribution in [2.24, 2.45) is 0 Å². The van der Waals surface area contributed by atoms with Gasteiger partial charge in [-0.1, -0.05) is 13.8 Å². The van der Waals surface area contributed by atoms with E-state index < -0.39 is 0 Å². The summed E-state index contributed by atoms with van der Waals surface area (Å²) in [5.41, 5.74) is 1.03. The van der Waals surface area contributed by atoms with Gasteiger partial charge in [-0.25, -0.2) is 0 Å². The fourth-order valence-electron chi connectivity index (χ4n) is 1.21. The Bertz CT molecular complexity index is 269. The quantitative estimate of drug-likeness (QED) is 0.815. The van der Waals surface area contributed by atoms with Crippen LogP contribution in [0.1, 0.15) is 19.5 Å². The lowest BCUT2D eigenvalue weighted by Gasteiger charge is -2.22. The van der Waals surface area contributed by atoms with Gasteiger partial charge in [-0.3, -0.25) is 4.98 Å². The summed E-state index contributed by atoms with van der Waals surface area (Å²) in [4.78, 5) is 4.34. The van der Waals surface area contributed by atoms with Gasteiger partial charge in [0.2, 0.25) is 0 Å². The average Bonchev–Trinajstić information content (AvgIpc) is 2.05. The van der Waals surface area contributed by atoms with Gasteiger partial charge >= 0.3 is 0 Å². The average molecular weight is 244 g/mol. The lowest BCUT2D eigenvalue weighted by atomic mass is 9.90. The molecule has 2 nitrogen and oxygen atoms in total. The topological polar surface area (TPSA) is 22.1 Å². The maximum atomic E-state index is 5.14. The second-order valence-corrected chi connectivity index (χ2v) is 4.59. The van der Waals surface area contributed by atoms with E-state index in [0.717, 1.165) is 10.2 Å². The predicted octanol–water partition coefficient (Wildman–Crippen LogP) is 2.77. The van der Waals surface area contributed by atoms with E-state index in [9.17, 15) is 0 Å². The van der Waals surface area contributed by atoms with Crippen LogP contribution < -0.4 is 0 Å². The van der Waals surface area contributed by atoms with Gasteiger partial charge in [0.15, 0.2) is 0 Å². The van der Waals surface area contributed by atoms with Gasteiger partial charge in [0.1, 0.15) is 0 Å². The van der Waals surface area contributed by atoms with Crippen LogP contribution in [0.5, 0.6) is 0 Å². The minimum absolute atomic E-state index is 0.0184. The molecule has 0 saturated heterocycles. The number of rotatable bonds is 3. The van der Waals surface area contributed by atoms with Crippen molar-refractivity contribution in [3.63, 3.8) is 0 Å². The Hall–Kier alpha value is -0.410. The Kier molecular flexibility index (Phi) is 3.45. The molecule has 0 aliphatic rings. The molecule has 1 aromatic heterocycles. The third kappa shape index (κ3) is 2.78. The van der Waals surface area contributed by atoms with Crippen molar-refractivity contribution in [1.82, 2.24) is 4.98 Å². The molecule has 0 N–H and O–H groups in total. The van der Waals surface area contributed by atoms with E-state index in [1.807, 2.05) is 18.3 Å². The molecule has 0 fully saturated rings. The van der Waals surface area contributed by atoms with Crippen molar-refractivity contribution in [2.45, 2.75) is 19.3 Å². The molecule has 0 aromatic carbocycles. The third-order valence-corrected chi connectivity index (χ3v) is 2.40. The Morgan fingerprint density at radius 2 is 2.15 bits per heavy atom. The van der Waals surface area contributed by atoms with Crippen LogP contribution in [0.25, 0.3) is 0 Å². The highest BCUT2D eigenvalue weighted by Gasteiger charge is 2.21. The number of methoxy groups -OCH3 is 1. The molecule has 1 heterocycles. The Labute approximate surface area is 87.5 Å². The maximum absolute atomic E-state index is 5.14. The van der Waals surface area contributed by atoms with Crippen LogP contribution in [0.3, 0.4) is 0 Å². The van der Waals surface area contributed by atoms with E-state index in [-0.39, 0.29) is 5.41 Å². The molecule has 0 radical (unpaired) electrons. The predicted molar refractivity (Wildman–Crippen MR) is 56.8 cm³/mol. The number of pyridine rings is 1. The fourth-order valence-corrected chi connectivity index (χ4v) is 1.45. The summed E-state index contributed by atoms with van der Waals surface area (Å²) in [6.07, 6.45) is 1.81. The first-order valence-electron chi connectivity index (χ1n) is 4.17. The number of halogens is 1. The van der Waals surface area contributed by atoms with E-state index in [1.54, 1.807) is 7.11 Å². The van der Waals surface area contributed by atoms with E-state index in [4.69, 9.17) is 4.74 Å². The molecule has 0 aliphatic heterocycles. The molecule has 0 spiro atoms. The van der Waals surface area contributed by atoms with E-state index >= 15 is 0 Å². The zero-order chi connectivity index (χ0) is 9.90. The van der Waals surface area contributed by atoms with Crippen molar-refractivity contribution in [3.8, 4) is 0 Å². The number of hydrogen-bond donors (Lipinski definition) is 0. The second-order valence-electron chi connectivity index (χ2n) is 3.68. The van der Waals surface area contributed by atoms with Gasteiger partial charge in [-0.15, -0.1) is 0 Å². The summed E-state index contributed by atoms with van der Waals surface area (Å²) < 4.78 is 6.14. The summed E-state index contributed by atoms with van der Waals surface area (Å²) in [6.45, 7) is 4.92. The number of aromatic nitrogens is 1. The fraction of sp³-hybridized carbons (Fsp3) is 0.500. The molecule has 0 unspecified atom stereocenters. The highest BCUT2D eigenvalue weighted by molar-refractivity contribution is 9.10. The molecule has 13 heavy (non-hydrogen) atoms. The van der Waals surface area contributed by atoms with Crippen molar-refractivity contribution >= 4 is 15.9 Å². The first-order chi connectivity index (χ1) is 6.06. The van der Waals surface area contributed by atoms with E-state index in [0.29, 0.717) is 6.61 Å². The van der Waals surface area contributed by atoms with Gasteiger partial charge in [-0.05, 0) is 28.1 Å². The zero-order valence-electron chi connectivity index (χ0n) is 8.17. The van der Waals surface area contributed by atoms with Crippen LogP contribution in [0.2, 0.25) is 0 Å². The zero-order valence-corrected chi connectivity index (χ0v) is 9.76. The van der Waals surface area contributed by atoms with Gasteiger partial charge in [0.05, 0.1) is 6.61 Å². The van der Waals surface area contributed by atoms with Crippen molar-refractivity contribution in [1.29, 1.82) is 0 Å². The summed E-state index contributed by atoms with van der Waals surface area (Å²) in [6, 6.07) is 4.02. The third-order valence-electron chi connectivity index (χ3n) is 1.93. The molecule has 1 aromatic rings. The van der Waals surface area contributed by atoms with Gasteiger partial charge in [0, 0.05) is 28.9 Å². The van der Waals surface area contributed by atoms with Gasteiger partial charge in [-0.2, -0.15) is 0 Å². The summed E-state index contributed by atoms with van der Waals surface area (Å²) in [5, 5.41) is 0. The lowest BCUT2D eigenvalue weighted by molar-refractivity contribution is 0.144. The molecule has 1 rings (SSSR count). The van der Waals surface area contributed by atoms with Gasteiger partial charge in [0.25, 0.3) is 0 Å². The summed E-state index contributed by atoms with van der Waals surface area (Å²) in [5.74, 6) is 0. The smallest absolute Gasteiger partial charge is 0.0568 e. The number of nitrogens with zero attached hydrogens (tertiary/aromatic N) is 1. The molecular weight excluding hydrogens is 230 g/mol. The monoisotopic (exact) mass is 243 g/mol. The summed E-state index contributed by atoms with van der Waals surface area (Å²) in [7, 11) is 1.71. The molecule has 0 saturated carbocycles. The Morgan fingerprint density at radius 1 is 1.46 bits per heavy atom. The molecule has 0 atom stereocenters. The largest absolute Gasteiger partial charge is 0.384 e. The standard InChI is InChI=1S/C10H14BrNO/c1-10(2,7-13-3)9-5-4-8(11)6-12-9/h4-6H,7H2,1-3H3. The van der Waals surface area contributed by atoms with Crippen LogP contribution in [0, 0.1) is 0 Å². The van der Waals surface area contributed by atoms with Crippen molar-refractivity contribution in [2.75, 3.05) is 13.7 Å². The highest BCUT2D eigenvalue weighted by Crippen LogP contribution is 2.22. The molecular formula is C10H14BrNO. The maximum Gasteiger partial charge on any atom is 0.0568 e. The molecule has 0 bridgehead atoms. The van der Waals surface area contributed by atoms with Crippen LogP contribution in [0.15, 0.2) is 22.8 Å². The Balaban J connectivity index is 2.87. The summed E-state index contributed by atoms with van der Waals surface area (Å²) >= 11 is 3.36. The van der Waals surface area contributed by atoms with Crippen LogP contribution in [-0.4, -0.2) is 18.7 Å². The lowest BCUT2D eigenvalue weighted by Crippen LogP contribution is -2.24. The highest BCUT2D eigenvalue weighted by atomic mass is 79.9. The number of hydrogen-bond acceptors (Lipinski definition) is 2. The van der Waals surface area contributed by atoms with Gasteiger partial charge < -0.3 is 4.74 Å². The van der Waals surface area contributed by atoms with E-state index in [1.165, 1.54) is 0 Å². The molecule has 0 amide bonds. The second kappa shape index (κ2) is 4.20. The van der Waals surface area contributed by atoms with Crippen LogP contribution in [-0.2, 0) is 10.2 Å². The van der Waals surface area contributed by atoms with Crippen LogP contribution in [0.4, 0.5) is 0 Å². The van der Waals surface area contributed by atoms with Crippen LogP contribution >= 0.6 is 15.9 Å². The SMILES string of the molecule is COCC(C)(C)c1ccc(Br)cn1. The molecule has 3 heteroatoms. The minimum atomic E-state index is -0.0184. The molecule has 0 aliphatic carbocycles. The minimum Gasteiger partial charge on any atom is -0.384 e. The van der Waals surface area contributed by atoms with E-state index in [2.05, 4.69) is 34.8 Å².